The zero-order valence-corrected chi connectivity index (χ0v) is 17.0. The molecular formula is C23H20N4OS. The second-order valence-electron chi connectivity index (χ2n) is 6.79. The van der Waals surface area contributed by atoms with Crippen LogP contribution in [0.2, 0.25) is 0 Å². The first-order valence-corrected chi connectivity index (χ1v) is 9.98. The minimum atomic E-state index is -0.208. The van der Waals surface area contributed by atoms with E-state index in [1.54, 1.807) is 16.0 Å². The molecule has 1 N–H and O–H groups in total. The second-order valence-corrected chi connectivity index (χ2v) is 7.74. The molecule has 4 rings (SSSR count). The molecule has 0 aliphatic rings. The maximum Gasteiger partial charge on any atom is 0.256 e. The lowest BCUT2D eigenvalue weighted by molar-refractivity contribution is 0.0966. The zero-order chi connectivity index (χ0) is 20.4. The summed E-state index contributed by atoms with van der Waals surface area (Å²) in [7, 11) is 1.89. The van der Waals surface area contributed by atoms with Crippen LogP contribution in [0.3, 0.4) is 0 Å². The van der Waals surface area contributed by atoms with Crippen LogP contribution in [-0.4, -0.2) is 22.4 Å². The Balaban J connectivity index is 1.61. The summed E-state index contributed by atoms with van der Waals surface area (Å²) < 4.78 is 2.85. The molecule has 2 aromatic carbocycles. The second kappa shape index (κ2) is 7.85. The number of rotatable bonds is 5. The lowest BCUT2D eigenvalue weighted by atomic mass is 10.0. The van der Waals surface area contributed by atoms with Crippen LogP contribution >= 0.6 is 11.3 Å². The molecule has 0 aliphatic heterocycles. The first kappa shape index (κ1) is 18.8. The van der Waals surface area contributed by atoms with Gasteiger partial charge in [0.2, 0.25) is 0 Å². The summed E-state index contributed by atoms with van der Waals surface area (Å²) in [4.78, 5) is 16.7. The van der Waals surface area contributed by atoms with Gasteiger partial charge in [0.05, 0.1) is 6.20 Å². The van der Waals surface area contributed by atoms with Gasteiger partial charge in [-0.05, 0) is 71.4 Å². The number of hydrogen-bond donors (Lipinski definition) is 1. The highest BCUT2D eigenvalue weighted by atomic mass is 32.1. The predicted molar refractivity (Wildman–Crippen MR) is 120 cm³/mol. The molecule has 4 aromatic rings. The Morgan fingerprint density at radius 3 is 2.83 bits per heavy atom. The largest absolute Gasteiger partial charge is 0.307 e. The SMILES string of the molecule is C=N/C(=C\c1cc(-c2cnn(C)c2)ccc1C)NC(=O)c1ccc2ccsc2c1. The standard InChI is InChI=1S/C23H20N4OS/c1-15-4-5-17(20-13-25-27(3)14-20)10-19(15)12-22(24-2)26-23(28)18-7-6-16-8-9-29-21(16)11-18/h4-14H,2H2,1,3H3,(H,26,28)/b22-12+. The minimum Gasteiger partial charge on any atom is -0.307 e. The van der Waals surface area contributed by atoms with Crippen LogP contribution in [0.4, 0.5) is 0 Å². The van der Waals surface area contributed by atoms with Crippen molar-refractivity contribution in [2.75, 3.05) is 0 Å². The van der Waals surface area contributed by atoms with Gasteiger partial charge in [-0.3, -0.25) is 9.48 Å². The van der Waals surface area contributed by atoms with E-state index in [0.717, 1.165) is 32.3 Å². The van der Waals surface area contributed by atoms with E-state index in [1.165, 1.54) is 0 Å². The van der Waals surface area contributed by atoms with E-state index in [-0.39, 0.29) is 5.91 Å². The number of thiophene rings is 1. The predicted octanol–water partition coefficient (Wildman–Crippen LogP) is 5.04. The van der Waals surface area contributed by atoms with Gasteiger partial charge in [0.25, 0.3) is 5.91 Å². The third-order valence-electron chi connectivity index (χ3n) is 4.74. The number of carbonyl (C=O) groups excluding carboxylic acids is 1. The Labute approximate surface area is 173 Å². The van der Waals surface area contributed by atoms with Crippen molar-refractivity contribution in [2.45, 2.75) is 6.92 Å². The number of nitrogens with one attached hydrogen (secondary N) is 1. The molecule has 0 bridgehead atoms. The van der Waals surface area contributed by atoms with Crippen molar-refractivity contribution in [3.05, 3.63) is 82.7 Å². The first-order valence-electron chi connectivity index (χ1n) is 9.10. The van der Waals surface area contributed by atoms with Gasteiger partial charge >= 0.3 is 0 Å². The molecule has 29 heavy (non-hydrogen) atoms. The van der Waals surface area contributed by atoms with Gasteiger partial charge in [-0.25, -0.2) is 4.99 Å². The molecule has 5 nitrogen and oxygen atoms in total. The van der Waals surface area contributed by atoms with E-state index in [4.69, 9.17) is 0 Å². The van der Waals surface area contributed by atoms with Crippen molar-refractivity contribution < 1.29 is 4.79 Å². The third-order valence-corrected chi connectivity index (χ3v) is 5.62. The van der Waals surface area contributed by atoms with Gasteiger partial charge in [-0.15, -0.1) is 11.3 Å². The molecule has 6 heteroatoms. The van der Waals surface area contributed by atoms with Crippen molar-refractivity contribution in [1.29, 1.82) is 0 Å². The number of hydrogen-bond acceptors (Lipinski definition) is 4. The number of amides is 1. The average Bonchev–Trinajstić information content (AvgIpc) is 3.37. The molecule has 0 fully saturated rings. The van der Waals surface area contributed by atoms with E-state index >= 15 is 0 Å². The maximum absolute atomic E-state index is 12.7. The van der Waals surface area contributed by atoms with Gasteiger partial charge in [-0.2, -0.15) is 5.10 Å². The van der Waals surface area contributed by atoms with E-state index in [0.29, 0.717) is 11.4 Å². The number of nitrogens with zero attached hydrogens (tertiary/aromatic N) is 3. The fourth-order valence-corrected chi connectivity index (χ4v) is 3.93. The number of aryl methyl sites for hydroxylation is 2. The van der Waals surface area contributed by atoms with Crippen LogP contribution < -0.4 is 5.32 Å². The summed E-state index contributed by atoms with van der Waals surface area (Å²) in [6.07, 6.45) is 5.63. The first-order chi connectivity index (χ1) is 14.0. The molecule has 0 spiro atoms. The topological polar surface area (TPSA) is 59.3 Å². The lowest BCUT2D eigenvalue weighted by Gasteiger charge is -2.08. The van der Waals surface area contributed by atoms with Crippen LogP contribution in [0, 0.1) is 6.92 Å². The van der Waals surface area contributed by atoms with Crippen molar-refractivity contribution in [1.82, 2.24) is 15.1 Å². The Kier molecular flexibility index (Phi) is 5.10. The average molecular weight is 401 g/mol. The Morgan fingerprint density at radius 2 is 2.07 bits per heavy atom. The maximum atomic E-state index is 12.7. The zero-order valence-electron chi connectivity index (χ0n) is 16.2. The number of aromatic nitrogens is 2. The molecule has 0 unspecified atom stereocenters. The fourth-order valence-electron chi connectivity index (χ4n) is 3.10. The van der Waals surface area contributed by atoms with E-state index in [9.17, 15) is 4.79 Å². The quantitative estimate of drug-likeness (QED) is 0.477. The van der Waals surface area contributed by atoms with E-state index in [1.807, 2.05) is 68.2 Å². The number of aliphatic imine (C=N–C) groups is 1. The summed E-state index contributed by atoms with van der Waals surface area (Å²) in [5.74, 6) is 0.202. The highest BCUT2D eigenvalue weighted by Gasteiger charge is 2.10. The Morgan fingerprint density at radius 1 is 1.21 bits per heavy atom. The van der Waals surface area contributed by atoms with Gasteiger partial charge in [0.1, 0.15) is 5.82 Å². The monoisotopic (exact) mass is 400 g/mol. The molecule has 1 amide bonds. The molecule has 2 heterocycles. The van der Waals surface area contributed by atoms with Crippen molar-refractivity contribution in [3.63, 3.8) is 0 Å². The minimum absolute atomic E-state index is 0.208. The van der Waals surface area contributed by atoms with E-state index < -0.39 is 0 Å². The van der Waals surface area contributed by atoms with Gasteiger partial charge < -0.3 is 5.32 Å². The van der Waals surface area contributed by atoms with Crippen LogP contribution in [0.15, 0.2) is 71.1 Å². The highest BCUT2D eigenvalue weighted by molar-refractivity contribution is 7.17. The van der Waals surface area contributed by atoms with Gasteiger partial charge in [0, 0.05) is 29.1 Å². The van der Waals surface area contributed by atoms with Crippen molar-refractivity contribution in [2.24, 2.45) is 12.0 Å². The smallest absolute Gasteiger partial charge is 0.256 e. The van der Waals surface area contributed by atoms with Crippen molar-refractivity contribution >= 4 is 40.1 Å². The molecule has 0 radical (unpaired) electrons. The molecule has 0 saturated carbocycles. The molecule has 0 atom stereocenters. The molecule has 2 aromatic heterocycles. The molecule has 0 saturated heterocycles. The third kappa shape index (κ3) is 4.02. The molecule has 144 valence electrons. The fraction of sp³-hybridized carbons (Fsp3) is 0.0870. The Hall–Kier alpha value is -3.51. The van der Waals surface area contributed by atoms with E-state index in [2.05, 4.69) is 34.3 Å². The summed E-state index contributed by atoms with van der Waals surface area (Å²) >= 11 is 1.61. The number of benzene rings is 2. The lowest BCUT2D eigenvalue weighted by Crippen LogP contribution is -2.21. The van der Waals surface area contributed by atoms with Crippen LogP contribution in [-0.2, 0) is 7.05 Å². The highest BCUT2D eigenvalue weighted by Crippen LogP contribution is 2.24. The summed E-state index contributed by atoms with van der Waals surface area (Å²) in [5.41, 5.74) is 4.71. The summed E-state index contributed by atoms with van der Waals surface area (Å²) in [6.45, 7) is 5.63. The summed E-state index contributed by atoms with van der Waals surface area (Å²) in [6, 6.07) is 13.9. The van der Waals surface area contributed by atoms with Crippen LogP contribution in [0.25, 0.3) is 27.3 Å². The van der Waals surface area contributed by atoms with Crippen molar-refractivity contribution in [3.8, 4) is 11.1 Å². The van der Waals surface area contributed by atoms with Crippen LogP contribution in [0.1, 0.15) is 21.5 Å². The number of carbonyl (C=O) groups is 1. The van der Waals surface area contributed by atoms with Gasteiger partial charge in [-0.1, -0.05) is 18.2 Å². The normalized spacial score (nSPS) is 11.6. The van der Waals surface area contributed by atoms with Crippen LogP contribution in [0.5, 0.6) is 0 Å². The van der Waals surface area contributed by atoms with Gasteiger partial charge in [0.15, 0.2) is 0 Å². The number of fused-ring (bicyclic) bond motifs is 1. The Bertz CT molecular complexity index is 1250. The molecular weight excluding hydrogens is 380 g/mol. The summed E-state index contributed by atoms with van der Waals surface area (Å²) in [5, 5.41) is 10.2. The molecule has 0 aliphatic carbocycles.